The van der Waals surface area contributed by atoms with Crippen LogP contribution < -0.4 is 5.32 Å². The minimum absolute atomic E-state index is 0.140. The molecule has 0 aliphatic rings. The maximum atomic E-state index is 9.59. The molecule has 2 N–H and O–H groups in total. The van der Waals surface area contributed by atoms with E-state index < -0.39 is 0 Å². The number of aromatic hydroxyl groups is 1. The van der Waals surface area contributed by atoms with Crippen molar-refractivity contribution in [2.75, 3.05) is 6.54 Å². The standard InChI is InChI=1S/C17H19Cl2NO/c1-2-8-20-17(10-12-4-3-5-14(21)9-12)13-6-7-15(18)16(19)11-13/h3-7,9,11,17,20-21H,2,8,10H2,1H3. The van der Waals surface area contributed by atoms with Gasteiger partial charge < -0.3 is 10.4 Å². The van der Waals surface area contributed by atoms with Crippen molar-refractivity contribution in [2.24, 2.45) is 0 Å². The Hall–Kier alpha value is -1.22. The van der Waals surface area contributed by atoms with E-state index in [1.165, 1.54) is 0 Å². The van der Waals surface area contributed by atoms with Crippen LogP contribution in [0.3, 0.4) is 0 Å². The van der Waals surface area contributed by atoms with Crippen LogP contribution in [0.2, 0.25) is 10.0 Å². The van der Waals surface area contributed by atoms with Crippen molar-refractivity contribution in [2.45, 2.75) is 25.8 Å². The molecule has 21 heavy (non-hydrogen) atoms. The first kappa shape index (κ1) is 16.2. The Morgan fingerprint density at radius 1 is 1.10 bits per heavy atom. The Bertz CT molecular complexity index is 601. The average molecular weight is 324 g/mol. The number of phenolic OH excluding ortho intramolecular Hbond substituents is 1. The molecule has 0 spiro atoms. The van der Waals surface area contributed by atoms with Crippen LogP contribution in [0.15, 0.2) is 42.5 Å². The predicted molar refractivity (Wildman–Crippen MR) is 89.3 cm³/mol. The summed E-state index contributed by atoms with van der Waals surface area (Å²) in [6.07, 6.45) is 1.84. The van der Waals surface area contributed by atoms with Gasteiger partial charge in [-0.3, -0.25) is 0 Å². The number of halogens is 2. The number of benzene rings is 2. The Kier molecular flexibility index (Phi) is 5.92. The summed E-state index contributed by atoms with van der Waals surface area (Å²) in [4.78, 5) is 0. The summed E-state index contributed by atoms with van der Waals surface area (Å²) in [5, 5.41) is 14.2. The third-order valence-electron chi connectivity index (χ3n) is 3.34. The maximum Gasteiger partial charge on any atom is 0.115 e. The summed E-state index contributed by atoms with van der Waals surface area (Å²) in [6, 6.07) is 13.2. The molecule has 0 aliphatic heterocycles. The first-order chi connectivity index (χ1) is 10.1. The van der Waals surface area contributed by atoms with Gasteiger partial charge >= 0.3 is 0 Å². The molecule has 0 aliphatic carbocycles. The normalized spacial score (nSPS) is 12.3. The average Bonchev–Trinajstić information content (AvgIpc) is 2.46. The van der Waals surface area contributed by atoms with Crippen molar-refractivity contribution >= 4 is 23.2 Å². The third kappa shape index (κ3) is 4.63. The SMILES string of the molecule is CCCNC(Cc1cccc(O)c1)c1ccc(Cl)c(Cl)c1. The van der Waals surface area contributed by atoms with E-state index in [1.54, 1.807) is 12.1 Å². The van der Waals surface area contributed by atoms with Gasteiger partial charge in [-0.25, -0.2) is 0 Å². The van der Waals surface area contributed by atoms with Gasteiger partial charge in [0.25, 0.3) is 0 Å². The lowest BCUT2D eigenvalue weighted by molar-refractivity contribution is 0.473. The first-order valence-electron chi connectivity index (χ1n) is 7.06. The number of phenols is 1. The third-order valence-corrected chi connectivity index (χ3v) is 4.08. The molecule has 2 nitrogen and oxygen atoms in total. The molecule has 2 aromatic rings. The molecule has 2 aromatic carbocycles. The largest absolute Gasteiger partial charge is 0.508 e. The molecule has 1 unspecified atom stereocenters. The lowest BCUT2D eigenvalue weighted by Gasteiger charge is -2.20. The summed E-state index contributed by atoms with van der Waals surface area (Å²) in [7, 11) is 0. The van der Waals surface area contributed by atoms with Crippen LogP contribution in [0.5, 0.6) is 5.75 Å². The van der Waals surface area contributed by atoms with E-state index in [0.717, 1.165) is 30.5 Å². The van der Waals surface area contributed by atoms with E-state index in [4.69, 9.17) is 23.2 Å². The zero-order chi connectivity index (χ0) is 15.2. The highest BCUT2D eigenvalue weighted by Gasteiger charge is 2.13. The minimum atomic E-state index is 0.140. The molecule has 0 amide bonds. The molecule has 0 saturated heterocycles. The second kappa shape index (κ2) is 7.69. The van der Waals surface area contributed by atoms with Crippen molar-refractivity contribution in [3.8, 4) is 5.75 Å². The molecule has 0 fully saturated rings. The summed E-state index contributed by atoms with van der Waals surface area (Å²) >= 11 is 12.1. The second-order valence-corrected chi connectivity index (χ2v) is 5.87. The van der Waals surface area contributed by atoms with Crippen LogP contribution in [0, 0.1) is 0 Å². The highest BCUT2D eigenvalue weighted by Crippen LogP contribution is 2.27. The number of rotatable bonds is 6. The fraction of sp³-hybridized carbons (Fsp3) is 0.294. The van der Waals surface area contributed by atoms with Crippen molar-refractivity contribution in [1.82, 2.24) is 5.32 Å². The van der Waals surface area contributed by atoms with Crippen LogP contribution in [0.25, 0.3) is 0 Å². The molecule has 4 heteroatoms. The van der Waals surface area contributed by atoms with Crippen LogP contribution >= 0.6 is 23.2 Å². The van der Waals surface area contributed by atoms with E-state index in [9.17, 15) is 5.11 Å². The van der Waals surface area contributed by atoms with E-state index in [0.29, 0.717) is 10.0 Å². The van der Waals surface area contributed by atoms with Gasteiger partial charge in [0.2, 0.25) is 0 Å². The number of nitrogens with one attached hydrogen (secondary N) is 1. The van der Waals surface area contributed by atoms with Gasteiger partial charge in [-0.05, 0) is 54.8 Å². The highest BCUT2D eigenvalue weighted by molar-refractivity contribution is 6.42. The van der Waals surface area contributed by atoms with Crippen LogP contribution in [0.1, 0.15) is 30.5 Å². The van der Waals surface area contributed by atoms with Gasteiger partial charge in [0.05, 0.1) is 10.0 Å². The molecule has 0 aromatic heterocycles. The van der Waals surface area contributed by atoms with Gasteiger partial charge in [-0.15, -0.1) is 0 Å². The van der Waals surface area contributed by atoms with E-state index in [1.807, 2.05) is 30.3 Å². The van der Waals surface area contributed by atoms with Gasteiger partial charge in [0.15, 0.2) is 0 Å². The van der Waals surface area contributed by atoms with Crippen LogP contribution in [-0.4, -0.2) is 11.7 Å². The second-order valence-electron chi connectivity index (χ2n) is 5.05. The zero-order valence-electron chi connectivity index (χ0n) is 11.9. The lowest BCUT2D eigenvalue weighted by atomic mass is 9.98. The molecule has 1 atom stereocenters. The Balaban J connectivity index is 2.22. The quantitative estimate of drug-likeness (QED) is 0.785. The van der Waals surface area contributed by atoms with Crippen molar-refractivity contribution in [1.29, 1.82) is 0 Å². The number of hydrogen-bond acceptors (Lipinski definition) is 2. The highest BCUT2D eigenvalue weighted by atomic mass is 35.5. The number of hydrogen-bond donors (Lipinski definition) is 2. The van der Waals surface area contributed by atoms with E-state index in [2.05, 4.69) is 12.2 Å². The minimum Gasteiger partial charge on any atom is -0.508 e. The fourth-order valence-electron chi connectivity index (χ4n) is 2.27. The Labute approximate surface area is 135 Å². The topological polar surface area (TPSA) is 32.3 Å². The molecular weight excluding hydrogens is 305 g/mol. The zero-order valence-corrected chi connectivity index (χ0v) is 13.5. The fourth-order valence-corrected chi connectivity index (χ4v) is 2.58. The summed E-state index contributed by atoms with van der Waals surface area (Å²) in [5.41, 5.74) is 2.18. The maximum absolute atomic E-state index is 9.59. The summed E-state index contributed by atoms with van der Waals surface area (Å²) in [5.74, 6) is 0.288. The van der Waals surface area contributed by atoms with Gasteiger partial charge in [0.1, 0.15) is 5.75 Å². The Morgan fingerprint density at radius 2 is 1.90 bits per heavy atom. The molecular formula is C17H19Cl2NO. The molecule has 0 radical (unpaired) electrons. The van der Waals surface area contributed by atoms with Gasteiger partial charge in [-0.1, -0.05) is 48.3 Å². The molecule has 2 rings (SSSR count). The van der Waals surface area contributed by atoms with Crippen LogP contribution in [0.4, 0.5) is 0 Å². The summed E-state index contributed by atoms with van der Waals surface area (Å²) < 4.78 is 0. The molecule has 0 bridgehead atoms. The Morgan fingerprint density at radius 3 is 2.57 bits per heavy atom. The molecule has 0 heterocycles. The first-order valence-corrected chi connectivity index (χ1v) is 7.82. The van der Waals surface area contributed by atoms with E-state index >= 15 is 0 Å². The van der Waals surface area contributed by atoms with Crippen LogP contribution in [-0.2, 0) is 6.42 Å². The molecule has 0 saturated carbocycles. The van der Waals surface area contributed by atoms with Crippen molar-refractivity contribution < 1.29 is 5.11 Å². The summed E-state index contributed by atoms with van der Waals surface area (Å²) in [6.45, 7) is 3.05. The van der Waals surface area contributed by atoms with Gasteiger partial charge in [0, 0.05) is 6.04 Å². The van der Waals surface area contributed by atoms with E-state index in [-0.39, 0.29) is 11.8 Å². The van der Waals surface area contributed by atoms with Crippen molar-refractivity contribution in [3.63, 3.8) is 0 Å². The smallest absolute Gasteiger partial charge is 0.115 e. The monoisotopic (exact) mass is 323 g/mol. The van der Waals surface area contributed by atoms with Crippen molar-refractivity contribution in [3.05, 3.63) is 63.6 Å². The molecule has 112 valence electrons. The lowest BCUT2D eigenvalue weighted by Crippen LogP contribution is -2.24. The van der Waals surface area contributed by atoms with Gasteiger partial charge in [-0.2, -0.15) is 0 Å². The predicted octanol–water partition coefficient (Wildman–Crippen LogP) is 4.98.